The third-order valence-electron chi connectivity index (χ3n) is 3.10. The number of imide groups is 1. The van der Waals surface area contributed by atoms with Crippen molar-refractivity contribution in [3.05, 3.63) is 23.8 Å². The van der Waals surface area contributed by atoms with Gasteiger partial charge >= 0.3 is 12.2 Å². The SMILES string of the molecule is COc1cccc(C)c1N1C(=O)N[C@H](CC(F)(F)F)C1=O. The van der Waals surface area contributed by atoms with Crippen LogP contribution in [-0.2, 0) is 4.79 Å². The average molecular weight is 302 g/mol. The fourth-order valence-electron chi connectivity index (χ4n) is 2.20. The zero-order valence-corrected chi connectivity index (χ0v) is 11.3. The Morgan fingerprint density at radius 2 is 2.00 bits per heavy atom. The molecule has 0 aromatic heterocycles. The van der Waals surface area contributed by atoms with Crippen molar-refractivity contribution in [2.45, 2.75) is 25.6 Å². The van der Waals surface area contributed by atoms with Gasteiger partial charge in [0.2, 0.25) is 0 Å². The fraction of sp³-hybridized carbons (Fsp3) is 0.385. The molecule has 0 radical (unpaired) electrons. The van der Waals surface area contributed by atoms with E-state index in [2.05, 4.69) is 0 Å². The summed E-state index contributed by atoms with van der Waals surface area (Å²) in [6.07, 6.45) is -5.94. The Morgan fingerprint density at radius 3 is 2.57 bits per heavy atom. The van der Waals surface area contributed by atoms with Gasteiger partial charge in [0.15, 0.2) is 0 Å². The standard InChI is InChI=1S/C13H13F3N2O3/c1-7-4-3-5-9(21-2)10(7)18-11(19)8(17-12(18)20)6-13(14,15)16/h3-5,8H,6H2,1-2H3,(H,17,20)/t8-/m1/s1. The molecule has 1 saturated heterocycles. The van der Waals surface area contributed by atoms with Gasteiger partial charge in [0, 0.05) is 0 Å². The van der Waals surface area contributed by atoms with Crippen LogP contribution in [0.1, 0.15) is 12.0 Å². The molecular weight excluding hydrogens is 289 g/mol. The molecule has 114 valence electrons. The largest absolute Gasteiger partial charge is 0.495 e. The Bertz CT molecular complexity index is 587. The lowest BCUT2D eigenvalue weighted by atomic mass is 10.1. The number of anilines is 1. The van der Waals surface area contributed by atoms with Gasteiger partial charge in [-0.2, -0.15) is 13.2 Å². The highest BCUT2D eigenvalue weighted by Gasteiger charge is 2.46. The summed E-state index contributed by atoms with van der Waals surface area (Å²) in [5, 5.41) is 2.05. The molecule has 1 atom stereocenters. The summed E-state index contributed by atoms with van der Waals surface area (Å²) in [7, 11) is 1.35. The number of alkyl halides is 3. The van der Waals surface area contributed by atoms with Gasteiger partial charge in [0.25, 0.3) is 5.91 Å². The lowest BCUT2D eigenvalue weighted by molar-refractivity contribution is -0.145. The summed E-state index contributed by atoms with van der Waals surface area (Å²) in [6, 6.07) is 2.32. The summed E-state index contributed by atoms with van der Waals surface area (Å²) in [4.78, 5) is 24.7. The molecule has 1 heterocycles. The van der Waals surface area contributed by atoms with Crippen molar-refractivity contribution in [1.29, 1.82) is 0 Å². The topological polar surface area (TPSA) is 58.6 Å². The van der Waals surface area contributed by atoms with Crippen LogP contribution < -0.4 is 15.0 Å². The van der Waals surface area contributed by atoms with Gasteiger partial charge in [-0.3, -0.25) is 4.79 Å². The van der Waals surface area contributed by atoms with Crippen LogP contribution in [0.2, 0.25) is 0 Å². The highest BCUT2D eigenvalue weighted by molar-refractivity contribution is 6.22. The molecule has 2 rings (SSSR count). The Morgan fingerprint density at radius 1 is 1.33 bits per heavy atom. The monoisotopic (exact) mass is 302 g/mol. The van der Waals surface area contributed by atoms with E-state index >= 15 is 0 Å². The number of hydrogen-bond acceptors (Lipinski definition) is 3. The molecule has 1 aromatic carbocycles. The Kier molecular flexibility index (Phi) is 3.80. The minimum Gasteiger partial charge on any atom is -0.495 e. The number of carbonyl (C=O) groups excluding carboxylic acids is 2. The predicted molar refractivity (Wildman–Crippen MR) is 68.2 cm³/mol. The maximum Gasteiger partial charge on any atom is 0.391 e. The molecule has 0 unspecified atom stereocenters. The quantitative estimate of drug-likeness (QED) is 0.872. The molecule has 0 spiro atoms. The van der Waals surface area contributed by atoms with E-state index in [0.717, 1.165) is 0 Å². The van der Waals surface area contributed by atoms with E-state index in [1.165, 1.54) is 13.2 Å². The number of nitrogens with zero attached hydrogens (tertiary/aromatic N) is 1. The van der Waals surface area contributed by atoms with E-state index in [4.69, 9.17) is 4.74 Å². The first-order valence-corrected chi connectivity index (χ1v) is 6.09. The van der Waals surface area contributed by atoms with Gasteiger partial charge in [0.1, 0.15) is 11.8 Å². The fourth-order valence-corrected chi connectivity index (χ4v) is 2.20. The van der Waals surface area contributed by atoms with E-state index < -0.39 is 30.6 Å². The van der Waals surface area contributed by atoms with Crippen LogP contribution >= 0.6 is 0 Å². The second-order valence-electron chi connectivity index (χ2n) is 4.62. The molecule has 8 heteroatoms. The maximum absolute atomic E-state index is 12.4. The summed E-state index contributed by atoms with van der Waals surface area (Å²) < 4.78 is 42.3. The first-order valence-electron chi connectivity index (χ1n) is 6.09. The Balaban J connectivity index is 2.38. The third kappa shape index (κ3) is 2.93. The predicted octanol–water partition coefficient (Wildman–Crippen LogP) is 2.38. The van der Waals surface area contributed by atoms with Crippen molar-refractivity contribution in [2.75, 3.05) is 12.0 Å². The molecule has 21 heavy (non-hydrogen) atoms. The molecule has 1 fully saturated rings. The van der Waals surface area contributed by atoms with E-state index in [9.17, 15) is 22.8 Å². The minimum absolute atomic E-state index is 0.159. The van der Waals surface area contributed by atoms with Crippen molar-refractivity contribution in [1.82, 2.24) is 5.32 Å². The molecule has 5 nitrogen and oxygen atoms in total. The zero-order valence-electron chi connectivity index (χ0n) is 11.3. The number of methoxy groups -OCH3 is 1. The molecule has 1 N–H and O–H groups in total. The second-order valence-corrected chi connectivity index (χ2v) is 4.62. The van der Waals surface area contributed by atoms with Crippen molar-refractivity contribution >= 4 is 17.6 Å². The number of nitrogens with one attached hydrogen (secondary N) is 1. The van der Waals surface area contributed by atoms with Crippen molar-refractivity contribution < 1.29 is 27.5 Å². The molecule has 3 amide bonds. The number of aryl methyl sites for hydroxylation is 1. The van der Waals surface area contributed by atoms with Crippen molar-refractivity contribution in [3.8, 4) is 5.75 Å². The van der Waals surface area contributed by atoms with Gasteiger partial charge in [0.05, 0.1) is 19.2 Å². The molecule has 1 aliphatic rings. The normalized spacial score (nSPS) is 18.9. The number of amides is 3. The highest BCUT2D eigenvalue weighted by Crippen LogP contribution is 2.35. The second kappa shape index (κ2) is 5.27. The third-order valence-corrected chi connectivity index (χ3v) is 3.10. The van der Waals surface area contributed by atoms with Crippen LogP contribution in [0, 0.1) is 6.92 Å². The van der Waals surface area contributed by atoms with Crippen LogP contribution in [0.4, 0.5) is 23.7 Å². The number of rotatable bonds is 3. The smallest absolute Gasteiger partial charge is 0.391 e. The Hall–Kier alpha value is -2.25. The lowest BCUT2D eigenvalue weighted by Crippen LogP contribution is -2.35. The van der Waals surface area contributed by atoms with Crippen LogP contribution in [0.5, 0.6) is 5.75 Å². The number of benzene rings is 1. The molecular formula is C13H13F3N2O3. The van der Waals surface area contributed by atoms with E-state index in [1.807, 2.05) is 5.32 Å². The van der Waals surface area contributed by atoms with E-state index in [0.29, 0.717) is 10.5 Å². The highest BCUT2D eigenvalue weighted by atomic mass is 19.4. The van der Waals surface area contributed by atoms with Crippen LogP contribution in [0.3, 0.4) is 0 Å². The first-order chi connectivity index (χ1) is 9.74. The van der Waals surface area contributed by atoms with Crippen molar-refractivity contribution in [2.24, 2.45) is 0 Å². The number of hydrogen-bond donors (Lipinski definition) is 1. The van der Waals surface area contributed by atoms with Gasteiger partial charge in [-0.1, -0.05) is 12.1 Å². The summed E-state index contributed by atoms with van der Waals surface area (Å²) in [5.41, 5.74) is 0.706. The molecule has 1 aliphatic heterocycles. The van der Waals surface area contributed by atoms with E-state index in [1.54, 1.807) is 19.1 Å². The van der Waals surface area contributed by atoms with Gasteiger partial charge in [-0.05, 0) is 18.6 Å². The number of carbonyl (C=O) groups is 2. The maximum atomic E-state index is 12.4. The minimum atomic E-state index is -4.54. The van der Waals surface area contributed by atoms with Gasteiger partial charge in [-0.25, -0.2) is 9.69 Å². The van der Waals surface area contributed by atoms with Crippen LogP contribution in [-0.4, -0.2) is 31.3 Å². The summed E-state index contributed by atoms with van der Waals surface area (Å²) in [6.45, 7) is 1.63. The van der Waals surface area contributed by atoms with Crippen molar-refractivity contribution in [3.63, 3.8) is 0 Å². The van der Waals surface area contributed by atoms with Gasteiger partial charge < -0.3 is 10.1 Å². The molecule has 0 aliphatic carbocycles. The average Bonchev–Trinajstić information content (AvgIpc) is 2.63. The van der Waals surface area contributed by atoms with Crippen LogP contribution in [0.25, 0.3) is 0 Å². The summed E-state index contributed by atoms with van der Waals surface area (Å²) >= 11 is 0. The number of halogens is 3. The molecule has 0 saturated carbocycles. The number of urea groups is 1. The van der Waals surface area contributed by atoms with Gasteiger partial charge in [-0.15, -0.1) is 0 Å². The summed E-state index contributed by atoms with van der Waals surface area (Å²) in [5.74, 6) is -0.698. The molecule has 0 bridgehead atoms. The number of para-hydroxylation sites is 1. The van der Waals surface area contributed by atoms with Crippen LogP contribution in [0.15, 0.2) is 18.2 Å². The zero-order chi connectivity index (χ0) is 15.8. The lowest BCUT2D eigenvalue weighted by Gasteiger charge is -2.19. The van der Waals surface area contributed by atoms with E-state index in [-0.39, 0.29) is 11.4 Å². The first kappa shape index (κ1) is 15.1. The Labute approximate surface area is 118 Å². The molecule has 1 aromatic rings. The number of ether oxygens (including phenoxy) is 1.